The largest absolute Gasteiger partial charge is 0.369 e. The summed E-state index contributed by atoms with van der Waals surface area (Å²) >= 11 is 0. The molecule has 2 N–H and O–H groups in total. The highest BCUT2D eigenvalue weighted by molar-refractivity contribution is 5.81. The lowest BCUT2D eigenvalue weighted by molar-refractivity contribution is -0.130. The first-order chi connectivity index (χ1) is 15.5. The number of hydrogen-bond acceptors (Lipinski definition) is 4. The van der Waals surface area contributed by atoms with Crippen LogP contribution in [0.25, 0.3) is 0 Å². The second kappa shape index (κ2) is 9.82. The van der Waals surface area contributed by atoms with E-state index < -0.39 is 5.41 Å². The van der Waals surface area contributed by atoms with Gasteiger partial charge in [0.1, 0.15) is 0 Å². The first kappa shape index (κ1) is 22.5. The fraction of sp³-hybridized carbons (Fsp3) is 0.500. The molecule has 2 aromatic rings. The monoisotopic (exact) mass is 434 g/mol. The summed E-state index contributed by atoms with van der Waals surface area (Å²) in [6.07, 6.45) is 6.10. The van der Waals surface area contributed by atoms with Crippen molar-refractivity contribution in [1.82, 2.24) is 14.8 Å². The summed E-state index contributed by atoms with van der Waals surface area (Å²) in [5.41, 5.74) is 9.03. The summed E-state index contributed by atoms with van der Waals surface area (Å²) in [6.45, 7) is 5.72. The third-order valence-electron chi connectivity index (χ3n) is 7.34. The van der Waals surface area contributed by atoms with Crippen molar-refractivity contribution in [2.75, 3.05) is 26.2 Å². The van der Waals surface area contributed by atoms with Crippen LogP contribution in [0.4, 0.5) is 0 Å². The SMILES string of the molecule is CC(=O)N1CCC[C@@H](c2ccccc2CC2(C(N)=O)CCN(Cc3ccccn3)CC2)C1. The maximum absolute atomic E-state index is 12.7. The quantitative estimate of drug-likeness (QED) is 0.758. The van der Waals surface area contributed by atoms with Crippen molar-refractivity contribution in [2.45, 2.75) is 51.5 Å². The van der Waals surface area contributed by atoms with Gasteiger partial charge in [-0.05, 0) is 68.5 Å². The zero-order chi connectivity index (χ0) is 22.6. The fourth-order valence-corrected chi connectivity index (χ4v) is 5.35. The number of piperidine rings is 2. The van der Waals surface area contributed by atoms with Crippen LogP contribution >= 0.6 is 0 Å². The van der Waals surface area contributed by atoms with Gasteiger partial charge in [-0.15, -0.1) is 0 Å². The van der Waals surface area contributed by atoms with Crippen LogP contribution in [-0.2, 0) is 22.6 Å². The molecular weight excluding hydrogens is 400 g/mol. The molecule has 0 bridgehead atoms. The first-order valence-electron chi connectivity index (χ1n) is 11.7. The summed E-state index contributed by atoms with van der Waals surface area (Å²) in [5.74, 6) is 0.262. The Labute approximate surface area is 190 Å². The minimum absolute atomic E-state index is 0.140. The van der Waals surface area contributed by atoms with E-state index in [1.807, 2.05) is 29.3 Å². The topological polar surface area (TPSA) is 79.5 Å². The fourth-order valence-electron chi connectivity index (χ4n) is 5.35. The number of carbonyl (C=O) groups excluding carboxylic acids is 2. The Morgan fingerprint density at radius 2 is 1.84 bits per heavy atom. The van der Waals surface area contributed by atoms with Crippen molar-refractivity contribution in [1.29, 1.82) is 0 Å². The number of nitrogens with zero attached hydrogens (tertiary/aromatic N) is 3. The van der Waals surface area contributed by atoms with Crippen molar-refractivity contribution < 1.29 is 9.59 Å². The van der Waals surface area contributed by atoms with Crippen LogP contribution in [0, 0.1) is 5.41 Å². The summed E-state index contributed by atoms with van der Waals surface area (Å²) in [6, 6.07) is 14.4. The molecule has 170 valence electrons. The van der Waals surface area contributed by atoms with E-state index >= 15 is 0 Å². The molecule has 2 fully saturated rings. The minimum Gasteiger partial charge on any atom is -0.369 e. The molecule has 0 spiro atoms. The molecule has 6 heteroatoms. The number of rotatable bonds is 6. The van der Waals surface area contributed by atoms with E-state index in [1.54, 1.807) is 6.92 Å². The zero-order valence-electron chi connectivity index (χ0n) is 19.0. The van der Waals surface area contributed by atoms with Crippen LogP contribution in [0.5, 0.6) is 0 Å². The number of aromatic nitrogens is 1. The Hall–Kier alpha value is -2.73. The molecule has 6 nitrogen and oxygen atoms in total. The van der Waals surface area contributed by atoms with Gasteiger partial charge in [-0.1, -0.05) is 30.3 Å². The standard InChI is InChI=1S/C26H34N4O2/c1-20(31)30-14-6-8-22(18-30)24-10-3-2-7-21(24)17-26(25(27)32)11-15-29(16-12-26)19-23-9-4-5-13-28-23/h2-5,7,9-10,13,22H,6,8,11-12,14-19H2,1H3,(H2,27,32)/t22-/m1/s1. The molecule has 1 atom stereocenters. The van der Waals surface area contributed by atoms with E-state index in [1.165, 1.54) is 11.1 Å². The molecule has 3 heterocycles. The van der Waals surface area contributed by atoms with Gasteiger partial charge in [0.15, 0.2) is 0 Å². The van der Waals surface area contributed by atoms with E-state index in [0.717, 1.165) is 64.1 Å². The van der Waals surface area contributed by atoms with Gasteiger partial charge < -0.3 is 10.6 Å². The van der Waals surface area contributed by atoms with E-state index in [0.29, 0.717) is 12.3 Å². The number of nitrogens with two attached hydrogens (primary N) is 1. The lowest BCUT2D eigenvalue weighted by Gasteiger charge is -2.40. The highest BCUT2D eigenvalue weighted by Crippen LogP contribution is 2.38. The van der Waals surface area contributed by atoms with Crippen LogP contribution < -0.4 is 5.73 Å². The average molecular weight is 435 g/mol. The van der Waals surface area contributed by atoms with Gasteiger partial charge in [-0.25, -0.2) is 0 Å². The summed E-state index contributed by atoms with van der Waals surface area (Å²) in [5, 5.41) is 0. The van der Waals surface area contributed by atoms with Gasteiger partial charge in [0, 0.05) is 38.7 Å². The molecule has 32 heavy (non-hydrogen) atoms. The van der Waals surface area contributed by atoms with Gasteiger partial charge in [-0.3, -0.25) is 19.5 Å². The predicted octanol–water partition coefficient (Wildman–Crippen LogP) is 3.12. The second-order valence-corrected chi connectivity index (χ2v) is 9.42. The molecular formula is C26H34N4O2. The zero-order valence-corrected chi connectivity index (χ0v) is 19.0. The van der Waals surface area contributed by atoms with Gasteiger partial charge in [0.05, 0.1) is 11.1 Å². The Morgan fingerprint density at radius 3 is 2.53 bits per heavy atom. The van der Waals surface area contributed by atoms with Crippen LogP contribution in [0.15, 0.2) is 48.7 Å². The number of primary amides is 1. The molecule has 4 rings (SSSR count). The minimum atomic E-state index is -0.522. The second-order valence-electron chi connectivity index (χ2n) is 9.42. The molecule has 0 saturated carbocycles. The number of hydrogen-bond donors (Lipinski definition) is 1. The molecule has 1 aromatic carbocycles. The molecule has 2 aliphatic rings. The molecule has 0 aliphatic carbocycles. The molecule has 2 amide bonds. The maximum atomic E-state index is 12.7. The Morgan fingerprint density at radius 1 is 1.09 bits per heavy atom. The number of likely N-dealkylation sites (tertiary alicyclic amines) is 2. The van der Waals surface area contributed by atoms with Crippen LogP contribution in [-0.4, -0.2) is 52.8 Å². The molecule has 2 saturated heterocycles. The maximum Gasteiger partial charge on any atom is 0.224 e. The summed E-state index contributed by atoms with van der Waals surface area (Å²) in [4.78, 5) is 33.4. The average Bonchev–Trinajstić information content (AvgIpc) is 2.81. The number of pyridine rings is 1. The molecule has 0 radical (unpaired) electrons. The van der Waals surface area contributed by atoms with Crippen molar-refractivity contribution in [2.24, 2.45) is 11.1 Å². The van der Waals surface area contributed by atoms with E-state index in [9.17, 15) is 9.59 Å². The molecule has 1 aromatic heterocycles. The van der Waals surface area contributed by atoms with Crippen LogP contribution in [0.3, 0.4) is 0 Å². The lowest BCUT2D eigenvalue weighted by atomic mass is 9.71. The van der Waals surface area contributed by atoms with Crippen LogP contribution in [0.1, 0.15) is 55.3 Å². The Balaban J connectivity index is 1.48. The molecule has 2 aliphatic heterocycles. The highest BCUT2D eigenvalue weighted by atomic mass is 16.2. The third kappa shape index (κ3) is 5.01. The number of carbonyl (C=O) groups is 2. The van der Waals surface area contributed by atoms with Gasteiger partial charge >= 0.3 is 0 Å². The Bertz CT molecular complexity index is 938. The summed E-state index contributed by atoms with van der Waals surface area (Å²) < 4.78 is 0. The van der Waals surface area contributed by atoms with Crippen molar-refractivity contribution in [3.63, 3.8) is 0 Å². The smallest absolute Gasteiger partial charge is 0.224 e. The van der Waals surface area contributed by atoms with Gasteiger partial charge in [-0.2, -0.15) is 0 Å². The highest BCUT2D eigenvalue weighted by Gasteiger charge is 2.40. The van der Waals surface area contributed by atoms with Crippen molar-refractivity contribution >= 4 is 11.8 Å². The third-order valence-corrected chi connectivity index (χ3v) is 7.34. The predicted molar refractivity (Wildman–Crippen MR) is 125 cm³/mol. The first-order valence-corrected chi connectivity index (χ1v) is 11.7. The molecule has 0 unspecified atom stereocenters. The lowest BCUT2D eigenvalue weighted by Crippen LogP contribution is -2.48. The van der Waals surface area contributed by atoms with Crippen molar-refractivity contribution in [3.05, 3.63) is 65.5 Å². The van der Waals surface area contributed by atoms with Crippen molar-refractivity contribution in [3.8, 4) is 0 Å². The van der Waals surface area contributed by atoms with Gasteiger partial charge in [0.2, 0.25) is 11.8 Å². The summed E-state index contributed by atoms with van der Waals surface area (Å²) in [7, 11) is 0. The Kier molecular flexibility index (Phi) is 6.89. The van der Waals surface area contributed by atoms with E-state index in [4.69, 9.17) is 5.73 Å². The van der Waals surface area contributed by atoms with Gasteiger partial charge in [0.25, 0.3) is 0 Å². The number of amides is 2. The van der Waals surface area contributed by atoms with Crippen LogP contribution in [0.2, 0.25) is 0 Å². The van der Waals surface area contributed by atoms with E-state index in [2.05, 4.69) is 34.1 Å². The normalized spacial score (nSPS) is 21.3. The number of benzene rings is 1. The van der Waals surface area contributed by atoms with E-state index in [-0.39, 0.29) is 11.8 Å².